The fraction of sp³-hybridized carbons (Fsp3) is 0.385. The van der Waals surface area contributed by atoms with E-state index in [1.165, 1.54) is 14.0 Å². The Morgan fingerprint density at radius 1 is 1.32 bits per heavy atom. The van der Waals surface area contributed by atoms with E-state index < -0.39 is 22.8 Å². The van der Waals surface area contributed by atoms with Crippen molar-refractivity contribution in [3.63, 3.8) is 0 Å². The summed E-state index contributed by atoms with van der Waals surface area (Å²) in [5, 5.41) is 2.49. The topological polar surface area (TPSA) is 72.5 Å². The quantitative estimate of drug-likeness (QED) is 0.786. The monoisotopic (exact) mass is 283 g/mol. The average Bonchev–Trinajstić information content (AvgIpc) is 2.42. The van der Waals surface area contributed by atoms with Crippen molar-refractivity contribution in [1.29, 1.82) is 0 Å². The molecule has 19 heavy (non-hydrogen) atoms. The molecule has 2 atom stereocenters. The smallest absolute Gasteiger partial charge is 0.328 e. The summed E-state index contributed by atoms with van der Waals surface area (Å²) >= 11 is 0. The van der Waals surface area contributed by atoms with E-state index in [0.29, 0.717) is 4.90 Å². The molecule has 1 aromatic carbocycles. The Balaban J connectivity index is 2.59. The highest BCUT2D eigenvalue weighted by atomic mass is 32.2. The van der Waals surface area contributed by atoms with Gasteiger partial charge in [0.05, 0.1) is 17.9 Å². The van der Waals surface area contributed by atoms with Crippen LogP contribution in [0.5, 0.6) is 0 Å². The lowest BCUT2D eigenvalue weighted by Crippen LogP contribution is -2.41. The summed E-state index contributed by atoms with van der Waals surface area (Å²) in [5.74, 6) is -0.564. The Labute approximate surface area is 114 Å². The van der Waals surface area contributed by atoms with E-state index in [1.807, 2.05) is 6.07 Å². The van der Waals surface area contributed by atoms with Gasteiger partial charge in [0.15, 0.2) is 0 Å². The van der Waals surface area contributed by atoms with Crippen LogP contribution < -0.4 is 5.32 Å². The predicted octanol–water partition coefficient (Wildman–Crippen LogP) is 0.862. The van der Waals surface area contributed by atoms with Crippen LogP contribution in [0.4, 0.5) is 0 Å². The molecule has 0 bridgehead atoms. The lowest BCUT2D eigenvalue weighted by molar-refractivity contribution is -0.144. The lowest BCUT2D eigenvalue weighted by atomic mass is 10.2. The zero-order valence-electron chi connectivity index (χ0n) is 10.9. The van der Waals surface area contributed by atoms with Crippen molar-refractivity contribution in [3.8, 4) is 0 Å². The third-order valence-electron chi connectivity index (χ3n) is 2.46. The van der Waals surface area contributed by atoms with E-state index in [1.54, 1.807) is 24.3 Å². The molecule has 1 amide bonds. The summed E-state index contributed by atoms with van der Waals surface area (Å²) < 4.78 is 16.6. The summed E-state index contributed by atoms with van der Waals surface area (Å²) in [6.45, 7) is 1.32. The van der Waals surface area contributed by atoms with Crippen molar-refractivity contribution in [3.05, 3.63) is 30.3 Å². The molecule has 0 aliphatic rings. The van der Waals surface area contributed by atoms with Gasteiger partial charge in [0.25, 0.3) is 0 Å². The summed E-state index contributed by atoms with van der Waals surface area (Å²) in [4.78, 5) is 23.2. The summed E-state index contributed by atoms with van der Waals surface area (Å²) in [5.41, 5.74) is 0. The number of amides is 1. The molecule has 1 aromatic rings. The molecule has 1 rings (SSSR count). The van der Waals surface area contributed by atoms with Gasteiger partial charge < -0.3 is 10.1 Å². The van der Waals surface area contributed by atoms with Crippen LogP contribution >= 0.6 is 0 Å². The van der Waals surface area contributed by atoms with Gasteiger partial charge in [0, 0.05) is 17.6 Å². The highest BCUT2D eigenvalue weighted by Gasteiger charge is 2.20. The molecule has 0 unspecified atom stereocenters. The number of hydrogen-bond donors (Lipinski definition) is 1. The molecule has 0 heterocycles. The maximum atomic E-state index is 12.0. The number of benzene rings is 1. The first-order chi connectivity index (χ1) is 9.04. The number of hydrogen-bond acceptors (Lipinski definition) is 4. The number of carbonyl (C=O) groups excluding carboxylic acids is 2. The standard InChI is InChI=1S/C13H17NO4S/c1-10(15)14-12(13(16)18-2)8-9-19(17)11-6-4-3-5-7-11/h3-7,12H,8-9H2,1-2H3,(H,14,15)/t12-,19-/m0/s1. The fourth-order valence-electron chi connectivity index (χ4n) is 1.55. The SMILES string of the molecule is COC(=O)[C@H](CC[S@](=O)c1ccccc1)NC(C)=O. The van der Waals surface area contributed by atoms with Gasteiger partial charge in [0.2, 0.25) is 5.91 Å². The molecule has 104 valence electrons. The Morgan fingerprint density at radius 3 is 2.47 bits per heavy atom. The van der Waals surface area contributed by atoms with E-state index in [2.05, 4.69) is 10.1 Å². The van der Waals surface area contributed by atoms with Crippen molar-refractivity contribution < 1.29 is 18.5 Å². The van der Waals surface area contributed by atoms with Gasteiger partial charge in [0.1, 0.15) is 6.04 Å². The first-order valence-corrected chi connectivity index (χ1v) is 7.15. The Morgan fingerprint density at radius 2 is 1.95 bits per heavy atom. The number of nitrogens with one attached hydrogen (secondary N) is 1. The molecule has 0 spiro atoms. The minimum Gasteiger partial charge on any atom is -0.467 e. The maximum absolute atomic E-state index is 12.0. The highest BCUT2D eigenvalue weighted by molar-refractivity contribution is 7.85. The van der Waals surface area contributed by atoms with Crippen molar-refractivity contribution in [1.82, 2.24) is 5.32 Å². The van der Waals surface area contributed by atoms with Gasteiger partial charge in [-0.3, -0.25) is 9.00 Å². The zero-order valence-corrected chi connectivity index (χ0v) is 11.7. The summed E-state index contributed by atoms with van der Waals surface area (Å²) in [7, 11) is 0.0588. The zero-order chi connectivity index (χ0) is 14.3. The predicted molar refractivity (Wildman–Crippen MR) is 72.0 cm³/mol. The number of methoxy groups -OCH3 is 1. The van der Waals surface area contributed by atoms with Crippen LogP contribution in [0.3, 0.4) is 0 Å². The number of rotatable bonds is 6. The minimum absolute atomic E-state index is 0.272. The normalized spacial score (nSPS) is 13.4. The molecular formula is C13H17NO4S. The molecule has 6 heteroatoms. The van der Waals surface area contributed by atoms with Crippen LogP contribution in [0.15, 0.2) is 35.2 Å². The van der Waals surface area contributed by atoms with E-state index in [4.69, 9.17) is 0 Å². The molecule has 0 fully saturated rings. The largest absolute Gasteiger partial charge is 0.467 e. The Kier molecular flexibility index (Phi) is 6.21. The number of ether oxygens (including phenoxy) is 1. The average molecular weight is 283 g/mol. The van der Waals surface area contributed by atoms with E-state index >= 15 is 0 Å². The van der Waals surface area contributed by atoms with Gasteiger partial charge >= 0.3 is 5.97 Å². The van der Waals surface area contributed by atoms with Crippen molar-refractivity contribution in [2.24, 2.45) is 0 Å². The molecule has 0 radical (unpaired) electrons. The van der Waals surface area contributed by atoms with E-state index in [9.17, 15) is 13.8 Å². The maximum Gasteiger partial charge on any atom is 0.328 e. The third kappa shape index (κ3) is 5.21. The highest BCUT2D eigenvalue weighted by Crippen LogP contribution is 2.08. The van der Waals surface area contributed by atoms with Crippen molar-refractivity contribution in [2.45, 2.75) is 24.3 Å². The molecular weight excluding hydrogens is 266 g/mol. The molecule has 0 saturated carbocycles. The summed E-state index contributed by atoms with van der Waals surface area (Å²) in [6, 6.07) is 8.23. The molecule has 1 N–H and O–H groups in total. The van der Waals surface area contributed by atoms with E-state index in [-0.39, 0.29) is 18.1 Å². The van der Waals surface area contributed by atoms with Gasteiger partial charge in [-0.25, -0.2) is 4.79 Å². The fourth-order valence-corrected chi connectivity index (χ4v) is 2.70. The van der Waals surface area contributed by atoms with Crippen molar-refractivity contribution in [2.75, 3.05) is 12.9 Å². The Bertz CT molecular complexity index is 461. The molecule has 5 nitrogen and oxygen atoms in total. The first kappa shape index (κ1) is 15.4. The van der Waals surface area contributed by atoms with Crippen LogP contribution in [-0.4, -0.2) is 35.0 Å². The van der Waals surface area contributed by atoms with Crippen LogP contribution in [0, 0.1) is 0 Å². The molecule has 0 saturated heterocycles. The Hall–Kier alpha value is -1.69. The number of esters is 1. The van der Waals surface area contributed by atoms with E-state index in [0.717, 1.165) is 0 Å². The third-order valence-corrected chi connectivity index (χ3v) is 3.87. The van der Waals surface area contributed by atoms with Gasteiger partial charge in [-0.15, -0.1) is 0 Å². The first-order valence-electron chi connectivity index (χ1n) is 5.83. The molecule has 0 aromatic heterocycles. The van der Waals surface area contributed by atoms with Crippen LogP contribution in [0.1, 0.15) is 13.3 Å². The molecule has 0 aliphatic carbocycles. The van der Waals surface area contributed by atoms with Crippen LogP contribution in [0.2, 0.25) is 0 Å². The van der Waals surface area contributed by atoms with Gasteiger partial charge in [-0.2, -0.15) is 0 Å². The minimum atomic E-state index is -1.20. The van der Waals surface area contributed by atoms with Gasteiger partial charge in [-0.05, 0) is 18.6 Å². The van der Waals surface area contributed by atoms with Crippen LogP contribution in [0.25, 0.3) is 0 Å². The molecule has 0 aliphatic heterocycles. The van der Waals surface area contributed by atoms with Gasteiger partial charge in [-0.1, -0.05) is 18.2 Å². The van der Waals surface area contributed by atoms with Crippen molar-refractivity contribution >= 4 is 22.7 Å². The second kappa shape index (κ2) is 7.68. The van der Waals surface area contributed by atoms with Crippen LogP contribution in [-0.2, 0) is 25.1 Å². The second-order valence-corrected chi connectivity index (χ2v) is 5.50. The summed E-state index contributed by atoms with van der Waals surface area (Å²) in [6.07, 6.45) is 0.272. The second-order valence-electron chi connectivity index (χ2n) is 3.93. The lowest BCUT2D eigenvalue weighted by Gasteiger charge is -2.14. The number of carbonyl (C=O) groups is 2.